The summed E-state index contributed by atoms with van der Waals surface area (Å²) >= 11 is 0. The van der Waals surface area contributed by atoms with E-state index >= 15 is 0 Å². The number of carbonyl (C=O) groups is 1. The molecule has 1 aliphatic carbocycles. The second-order valence-corrected chi connectivity index (χ2v) is 7.28. The van der Waals surface area contributed by atoms with E-state index in [2.05, 4.69) is 16.4 Å². The van der Waals surface area contributed by atoms with Crippen molar-refractivity contribution in [2.45, 2.75) is 44.4 Å². The highest BCUT2D eigenvalue weighted by Gasteiger charge is 2.26. The molecule has 4 rings (SSSR count). The van der Waals surface area contributed by atoms with Crippen LogP contribution in [0, 0.1) is 11.3 Å². The fourth-order valence-electron chi connectivity index (χ4n) is 3.83. The molecule has 2 N–H and O–H groups in total. The Hall–Kier alpha value is -3.17. The number of aliphatic hydroxyl groups excluding tert-OH is 1. The van der Waals surface area contributed by atoms with Crippen LogP contribution in [0.3, 0.4) is 0 Å². The molecule has 3 aromatic rings. The van der Waals surface area contributed by atoms with E-state index in [0.29, 0.717) is 23.2 Å². The second kappa shape index (κ2) is 7.83. The predicted molar refractivity (Wildman–Crippen MR) is 106 cm³/mol. The van der Waals surface area contributed by atoms with Gasteiger partial charge in [-0.1, -0.05) is 25.0 Å². The van der Waals surface area contributed by atoms with Crippen molar-refractivity contribution in [1.29, 1.82) is 5.26 Å². The molecule has 1 saturated carbocycles. The predicted octanol–water partition coefficient (Wildman–Crippen LogP) is 2.99. The molecule has 1 aromatic carbocycles. The summed E-state index contributed by atoms with van der Waals surface area (Å²) in [6.07, 6.45) is 6.55. The Bertz CT molecular complexity index is 1030. The van der Waals surface area contributed by atoms with E-state index in [1.54, 1.807) is 18.3 Å². The number of aromatic nitrogens is 2. The van der Waals surface area contributed by atoms with Crippen molar-refractivity contribution in [3.05, 3.63) is 65.5 Å². The molecule has 2 atom stereocenters. The maximum absolute atomic E-state index is 12.9. The summed E-state index contributed by atoms with van der Waals surface area (Å²) in [7, 11) is 0. The molecule has 2 heterocycles. The maximum Gasteiger partial charge on any atom is 0.255 e. The Kier molecular flexibility index (Phi) is 5.09. The van der Waals surface area contributed by atoms with E-state index in [1.807, 2.05) is 35.0 Å². The molecule has 1 fully saturated rings. The van der Waals surface area contributed by atoms with Crippen molar-refractivity contribution >= 4 is 16.9 Å². The number of nitrogens with one attached hydrogen (secondary N) is 1. The van der Waals surface area contributed by atoms with Gasteiger partial charge in [0.2, 0.25) is 0 Å². The average Bonchev–Trinajstić information content (AvgIpc) is 3.09. The SMILES string of the molecule is N#Cc1ccc(Cn2cc(C(=O)N[C@H]3CCCC[C@@H]3O)c3ncccc32)cc1. The minimum Gasteiger partial charge on any atom is -0.391 e. The number of benzene rings is 1. The third-order valence-corrected chi connectivity index (χ3v) is 5.36. The van der Waals surface area contributed by atoms with E-state index < -0.39 is 6.10 Å². The quantitative estimate of drug-likeness (QED) is 0.734. The van der Waals surface area contributed by atoms with Gasteiger partial charge in [0.1, 0.15) is 5.52 Å². The van der Waals surface area contributed by atoms with Crippen molar-refractivity contribution in [2.75, 3.05) is 0 Å². The Morgan fingerprint density at radius 1 is 1.25 bits per heavy atom. The van der Waals surface area contributed by atoms with Crippen LogP contribution in [0.25, 0.3) is 11.0 Å². The number of rotatable bonds is 4. The van der Waals surface area contributed by atoms with Crippen molar-refractivity contribution in [1.82, 2.24) is 14.9 Å². The molecular formula is C22H22N4O2. The first kappa shape index (κ1) is 18.2. The van der Waals surface area contributed by atoms with Crippen LogP contribution >= 0.6 is 0 Å². The number of hydrogen-bond donors (Lipinski definition) is 2. The number of carbonyl (C=O) groups excluding carboxylic acids is 1. The van der Waals surface area contributed by atoms with Crippen LogP contribution in [0.5, 0.6) is 0 Å². The summed E-state index contributed by atoms with van der Waals surface area (Å²) in [5, 5.41) is 22.1. The second-order valence-electron chi connectivity index (χ2n) is 7.28. The normalized spacial score (nSPS) is 19.3. The number of amides is 1. The smallest absolute Gasteiger partial charge is 0.255 e. The Morgan fingerprint density at radius 2 is 2.04 bits per heavy atom. The molecule has 0 saturated heterocycles. The van der Waals surface area contributed by atoms with Crippen LogP contribution in [-0.4, -0.2) is 32.7 Å². The molecule has 1 amide bonds. The van der Waals surface area contributed by atoms with Gasteiger partial charge in [-0.15, -0.1) is 0 Å². The number of pyridine rings is 1. The van der Waals surface area contributed by atoms with Gasteiger partial charge in [0.15, 0.2) is 0 Å². The Morgan fingerprint density at radius 3 is 2.79 bits per heavy atom. The topological polar surface area (TPSA) is 90.9 Å². The van der Waals surface area contributed by atoms with Crippen LogP contribution in [0.1, 0.15) is 47.2 Å². The molecule has 6 heteroatoms. The van der Waals surface area contributed by atoms with Crippen LogP contribution in [0.2, 0.25) is 0 Å². The van der Waals surface area contributed by atoms with E-state index in [9.17, 15) is 9.90 Å². The Labute approximate surface area is 163 Å². The average molecular weight is 374 g/mol. The van der Waals surface area contributed by atoms with Gasteiger partial charge in [-0.05, 0) is 42.7 Å². The van der Waals surface area contributed by atoms with Gasteiger partial charge in [-0.3, -0.25) is 9.78 Å². The lowest BCUT2D eigenvalue weighted by Crippen LogP contribution is -2.45. The van der Waals surface area contributed by atoms with Gasteiger partial charge in [0.05, 0.1) is 34.9 Å². The summed E-state index contributed by atoms with van der Waals surface area (Å²) in [6, 6.07) is 13.1. The molecular weight excluding hydrogens is 352 g/mol. The van der Waals surface area contributed by atoms with Crippen LogP contribution in [-0.2, 0) is 6.54 Å². The van der Waals surface area contributed by atoms with Crippen LogP contribution in [0.4, 0.5) is 0 Å². The van der Waals surface area contributed by atoms with Crippen LogP contribution in [0.15, 0.2) is 48.8 Å². The highest BCUT2D eigenvalue weighted by Crippen LogP contribution is 2.23. The van der Waals surface area contributed by atoms with E-state index in [1.165, 1.54) is 0 Å². The molecule has 1 aliphatic rings. The highest BCUT2D eigenvalue weighted by atomic mass is 16.3. The highest BCUT2D eigenvalue weighted by molar-refractivity contribution is 6.05. The number of hydrogen-bond acceptors (Lipinski definition) is 4. The van der Waals surface area contributed by atoms with Gasteiger partial charge in [-0.2, -0.15) is 5.26 Å². The number of nitrogens with zero attached hydrogens (tertiary/aromatic N) is 3. The monoisotopic (exact) mass is 374 g/mol. The van der Waals surface area contributed by atoms with E-state index in [-0.39, 0.29) is 11.9 Å². The minimum absolute atomic E-state index is 0.201. The van der Waals surface area contributed by atoms with Crippen molar-refractivity contribution in [3.8, 4) is 6.07 Å². The van der Waals surface area contributed by atoms with Gasteiger partial charge in [0.25, 0.3) is 5.91 Å². The summed E-state index contributed by atoms with van der Waals surface area (Å²) in [5.41, 5.74) is 3.70. The van der Waals surface area contributed by atoms with Crippen molar-refractivity contribution in [3.63, 3.8) is 0 Å². The van der Waals surface area contributed by atoms with Crippen molar-refractivity contribution < 1.29 is 9.90 Å². The van der Waals surface area contributed by atoms with Gasteiger partial charge < -0.3 is 15.0 Å². The standard InChI is InChI=1S/C22H22N4O2/c23-12-15-7-9-16(10-8-15)13-26-14-17(21-19(26)5-3-11-24-21)22(28)25-18-4-1-2-6-20(18)27/h3,5,7-11,14,18,20,27H,1-2,4,6,13H2,(H,25,28)/t18-,20-/m0/s1. The third-order valence-electron chi connectivity index (χ3n) is 5.36. The molecule has 2 aromatic heterocycles. The number of nitriles is 1. The first-order valence-corrected chi connectivity index (χ1v) is 9.57. The van der Waals surface area contributed by atoms with E-state index in [0.717, 1.165) is 36.8 Å². The summed E-state index contributed by atoms with van der Waals surface area (Å²) < 4.78 is 2.00. The molecule has 0 spiro atoms. The zero-order chi connectivity index (χ0) is 19.5. The lowest BCUT2D eigenvalue weighted by molar-refractivity contribution is 0.0718. The fourth-order valence-corrected chi connectivity index (χ4v) is 3.83. The maximum atomic E-state index is 12.9. The van der Waals surface area contributed by atoms with Gasteiger partial charge >= 0.3 is 0 Å². The first-order chi connectivity index (χ1) is 13.7. The van der Waals surface area contributed by atoms with Crippen LogP contribution < -0.4 is 5.32 Å². The largest absolute Gasteiger partial charge is 0.391 e. The summed E-state index contributed by atoms with van der Waals surface area (Å²) in [5.74, 6) is -0.201. The summed E-state index contributed by atoms with van der Waals surface area (Å²) in [4.78, 5) is 17.3. The fraction of sp³-hybridized carbons (Fsp3) is 0.318. The molecule has 0 radical (unpaired) electrons. The van der Waals surface area contributed by atoms with Crippen molar-refractivity contribution in [2.24, 2.45) is 0 Å². The number of fused-ring (bicyclic) bond motifs is 1. The Balaban J connectivity index is 1.62. The summed E-state index contributed by atoms with van der Waals surface area (Å²) in [6.45, 7) is 0.577. The minimum atomic E-state index is -0.488. The van der Waals surface area contributed by atoms with Gasteiger partial charge in [-0.25, -0.2) is 0 Å². The van der Waals surface area contributed by atoms with Gasteiger partial charge in [0, 0.05) is 18.9 Å². The third kappa shape index (κ3) is 3.62. The first-order valence-electron chi connectivity index (χ1n) is 9.57. The molecule has 142 valence electrons. The molecule has 28 heavy (non-hydrogen) atoms. The number of aliphatic hydroxyl groups is 1. The molecule has 0 unspecified atom stereocenters. The van der Waals surface area contributed by atoms with E-state index in [4.69, 9.17) is 5.26 Å². The lowest BCUT2D eigenvalue weighted by Gasteiger charge is -2.28. The zero-order valence-corrected chi connectivity index (χ0v) is 15.5. The molecule has 6 nitrogen and oxygen atoms in total. The zero-order valence-electron chi connectivity index (χ0n) is 15.5. The molecule has 0 aliphatic heterocycles. The molecule has 0 bridgehead atoms. The lowest BCUT2D eigenvalue weighted by atomic mass is 9.92.